The third kappa shape index (κ3) is 2.04. The molecular weight excluding hydrogens is 258 g/mol. The molecule has 2 heterocycles. The standard InChI is InChI=1S/C12H10ClNO2S/c13-11-6-14-12(17-11)10-5-8(15)7-3-1-2-4-9(7)16-10/h1-4,6,8,10,15H,5H2. The van der Waals surface area contributed by atoms with Gasteiger partial charge in [-0.15, -0.1) is 11.3 Å². The number of halogens is 1. The van der Waals surface area contributed by atoms with E-state index in [2.05, 4.69) is 4.98 Å². The van der Waals surface area contributed by atoms with E-state index in [1.54, 1.807) is 6.20 Å². The molecule has 5 heteroatoms. The summed E-state index contributed by atoms with van der Waals surface area (Å²) in [5, 5.41) is 10.9. The first kappa shape index (κ1) is 11.0. The number of hydrogen-bond donors (Lipinski definition) is 1. The van der Waals surface area contributed by atoms with Crippen LogP contribution in [-0.2, 0) is 0 Å². The summed E-state index contributed by atoms with van der Waals surface area (Å²) in [6.07, 6.45) is 1.41. The molecular formula is C12H10ClNO2S. The van der Waals surface area contributed by atoms with Crippen molar-refractivity contribution in [3.05, 3.63) is 45.4 Å². The van der Waals surface area contributed by atoms with Crippen molar-refractivity contribution >= 4 is 22.9 Å². The van der Waals surface area contributed by atoms with Crippen LogP contribution in [0.5, 0.6) is 5.75 Å². The number of ether oxygens (including phenoxy) is 1. The third-order valence-electron chi connectivity index (χ3n) is 2.76. The monoisotopic (exact) mass is 267 g/mol. The van der Waals surface area contributed by atoms with E-state index in [4.69, 9.17) is 16.3 Å². The van der Waals surface area contributed by atoms with Crippen molar-refractivity contribution in [2.24, 2.45) is 0 Å². The maximum Gasteiger partial charge on any atom is 0.153 e. The second kappa shape index (κ2) is 4.29. The molecule has 1 aliphatic heterocycles. The van der Waals surface area contributed by atoms with Crippen LogP contribution >= 0.6 is 22.9 Å². The van der Waals surface area contributed by atoms with Crippen molar-refractivity contribution < 1.29 is 9.84 Å². The summed E-state index contributed by atoms with van der Waals surface area (Å²) in [5.74, 6) is 0.725. The zero-order valence-electron chi connectivity index (χ0n) is 8.84. The largest absolute Gasteiger partial charge is 0.483 e. The van der Waals surface area contributed by atoms with Gasteiger partial charge in [-0.05, 0) is 6.07 Å². The summed E-state index contributed by atoms with van der Waals surface area (Å²) in [4.78, 5) is 4.20. The van der Waals surface area contributed by atoms with E-state index in [0.29, 0.717) is 10.8 Å². The molecule has 1 aromatic carbocycles. The van der Waals surface area contributed by atoms with Gasteiger partial charge >= 0.3 is 0 Å². The highest BCUT2D eigenvalue weighted by Crippen LogP contribution is 2.41. The Balaban J connectivity index is 1.93. The summed E-state index contributed by atoms with van der Waals surface area (Å²) < 4.78 is 6.47. The summed E-state index contributed by atoms with van der Waals surface area (Å²) in [5.41, 5.74) is 0.839. The molecule has 0 bridgehead atoms. The molecule has 1 aromatic heterocycles. The molecule has 0 fully saturated rings. The molecule has 17 heavy (non-hydrogen) atoms. The summed E-state index contributed by atoms with van der Waals surface area (Å²) >= 11 is 7.24. The Bertz CT molecular complexity index is 543. The van der Waals surface area contributed by atoms with E-state index >= 15 is 0 Å². The van der Waals surface area contributed by atoms with Crippen molar-refractivity contribution in [1.82, 2.24) is 4.98 Å². The fraction of sp³-hybridized carbons (Fsp3) is 0.250. The third-order valence-corrected chi connectivity index (χ3v) is 3.96. The van der Waals surface area contributed by atoms with Crippen molar-refractivity contribution in [2.75, 3.05) is 0 Å². The minimum atomic E-state index is -0.507. The van der Waals surface area contributed by atoms with Gasteiger partial charge < -0.3 is 9.84 Å². The number of rotatable bonds is 1. The molecule has 1 aliphatic rings. The lowest BCUT2D eigenvalue weighted by molar-refractivity contribution is 0.0656. The Labute approximate surface area is 108 Å². The Morgan fingerprint density at radius 1 is 1.41 bits per heavy atom. The van der Waals surface area contributed by atoms with E-state index in [-0.39, 0.29) is 6.10 Å². The first-order valence-corrected chi connectivity index (χ1v) is 6.48. The van der Waals surface area contributed by atoms with Crippen LogP contribution in [0.15, 0.2) is 30.5 Å². The minimum Gasteiger partial charge on any atom is -0.483 e. The molecule has 3 nitrogen and oxygen atoms in total. The topological polar surface area (TPSA) is 42.4 Å². The average Bonchev–Trinajstić information content (AvgIpc) is 2.76. The van der Waals surface area contributed by atoms with Crippen LogP contribution in [0.25, 0.3) is 0 Å². The number of hydrogen-bond acceptors (Lipinski definition) is 4. The van der Waals surface area contributed by atoms with Crippen LogP contribution < -0.4 is 4.74 Å². The number of nitrogens with zero attached hydrogens (tertiary/aromatic N) is 1. The molecule has 0 amide bonds. The molecule has 1 N–H and O–H groups in total. The van der Waals surface area contributed by atoms with Crippen LogP contribution in [0.3, 0.4) is 0 Å². The van der Waals surface area contributed by atoms with Gasteiger partial charge in [0.15, 0.2) is 6.10 Å². The highest BCUT2D eigenvalue weighted by Gasteiger charge is 2.29. The molecule has 88 valence electrons. The van der Waals surface area contributed by atoms with Crippen molar-refractivity contribution in [2.45, 2.75) is 18.6 Å². The average molecular weight is 268 g/mol. The van der Waals surface area contributed by atoms with Gasteiger partial charge in [-0.2, -0.15) is 0 Å². The van der Waals surface area contributed by atoms with Crippen molar-refractivity contribution in [3.63, 3.8) is 0 Å². The van der Waals surface area contributed by atoms with Gasteiger partial charge in [0.2, 0.25) is 0 Å². The van der Waals surface area contributed by atoms with Gasteiger partial charge in [0.25, 0.3) is 0 Å². The van der Waals surface area contributed by atoms with Crippen LogP contribution in [0, 0.1) is 0 Å². The molecule has 0 aliphatic carbocycles. The SMILES string of the molecule is OC1CC(c2ncc(Cl)s2)Oc2ccccc21. The Morgan fingerprint density at radius 3 is 3.00 bits per heavy atom. The molecule has 2 unspecified atom stereocenters. The number of thiazole rings is 1. The van der Waals surface area contributed by atoms with Gasteiger partial charge in [0.05, 0.1) is 12.3 Å². The number of benzene rings is 1. The lowest BCUT2D eigenvalue weighted by Crippen LogP contribution is -2.18. The van der Waals surface area contributed by atoms with E-state index in [1.165, 1.54) is 11.3 Å². The highest BCUT2D eigenvalue weighted by atomic mass is 35.5. The number of aromatic nitrogens is 1. The Hall–Kier alpha value is -1.10. The first-order chi connectivity index (χ1) is 8.24. The number of fused-ring (bicyclic) bond motifs is 1. The Morgan fingerprint density at radius 2 is 2.24 bits per heavy atom. The fourth-order valence-corrected chi connectivity index (χ4v) is 2.93. The lowest BCUT2D eigenvalue weighted by atomic mass is 9.99. The zero-order valence-corrected chi connectivity index (χ0v) is 10.4. The first-order valence-electron chi connectivity index (χ1n) is 5.29. The zero-order chi connectivity index (χ0) is 11.8. The number of aliphatic hydroxyl groups excluding tert-OH is 1. The molecule has 2 atom stereocenters. The molecule has 0 spiro atoms. The normalized spacial score (nSPS) is 22.9. The molecule has 0 saturated carbocycles. The smallest absolute Gasteiger partial charge is 0.153 e. The molecule has 0 saturated heterocycles. The Kier molecular flexibility index (Phi) is 2.78. The van der Waals surface area contributed by atoms with E-state index < -0.39 is 6.10 Å². The van der Waals surface area contributed by atoms with Crippen LogP contribution in [0.4, 0.5) is 0 Å². The summed E-state index contributed by atoms with van der Waals surface area (Å²) in [6.45, 7) is 0. The quantitative estimate of drug-likeness (QED) is 0.862. The predicted octanol–water partition coefficient (Wildman–Crippen LogP) is 3.35. The van der Waals surface area contributed by atoms with Gasteiger partial charge in [-0.3, -0.25) is 0 Å². The summed E-state index contributed by atoms with van der Waals surface area (Å²) in [6, 6.07) is 7.53. The summed E-state index contributed by atoms with van der Waals surface area (Å²) in [7, 11) is 0. The molecule has 2 aromatic rings. The van der Waals surface area contributed by atoms with Gasteiger partial charge in [0.1, 0.15) is 15.1 Å². The maximum atomic E-state index is 10.1. The van der Waals surface area contributed by atoms with Crippen LogP contribution in [0.2, 0.25) is 4.34 Å². The van der Waals surface area contributed by atoms with Crippen LogP contribution in [0.1, 0.15) is 29.2 Å². The maximum absolute atomic E-state index is 10.1. The lowest BCUT2D eigenvalue weighted by Gasteiger charge is -2.28. The highest BCUT2D eigenvalue weighted by molar-refractivity contribution is 7.15. The minimum absolute atomic E-state index is 0.211. The fourth-order valence-electron chi connectivity index (χ4n) is 1.96. The number of para-hydroxylation sites is 1. The molecule has 0 radical (unpaired) electrons. The van der Waals surface area contributed by atoms with E-state index in [1.807, 2.05) is 24.3 Å². The molecule has 3 rings (SSSR count). The second-order valence-corrected chi connectivity index (χ2v) is 5.59. The van der Waals surface area contributed by atoms with E-state index in [9.17, 15) is 5.11 Å². The second-order valence-electron chi connectivity index (χ2n) is 3.90. The van der Waals surface area contributed by atoms with Gasteiger partial charge in [-0.1, -0.05) is 29.8 Å². The van der Waals surface area contributed by atoms with Gasteiger partial charge in [0, 0.05) is 12.0 Å². The number of aliphatic hydroxyl groups is 1. The van der Waals surface area contributed by atoms with Crippen molar-refractivity contribution in [1.29, 1.82) is 0 Å². The van der Waals surface area contributed by atoms with Gasteiger partial charge in [-0.25, -0.2) is 4.98 Å². The predicted molar refractivity (Wildman–Crippen MR) is 66.5 cm³/mol. The van der Waals surface area contributed by atoms with E-state index in [0.717, 1.165) is 16.3 Å². The van der Waals surface area contributed by atoms with Crippen molar-refractivity contribution in [3.8, 4) is 5.75 Å². The van der Waals surface area contributed by atoms with Crippen LogP contribution in [-0.4, -0.2) is 10.1 Å².